The van der Waals surface area contributed by atoms with Gasteiger partial charge in [0.25, 0.3) is 10.0 Å². The molecular weight excluding hydrogens is 312 g/mol. The van der Waals surface area contributed by atoms with Crippen LogP contribution in [0.15, 0.2) is 35.2 Å². The van der Waals surface area contributed by atoms with Crippen LogP contribution in [0.3, 0.4) is 0 Å². The average Bonchev–Trinajstić information content (AvgIpc) is 2.36. The molecule has 2 rings (SSSR count). The fraction of sp³-hybridized carbons (Fsp3) is 0.214. The number of aromatic nitrogens is 1. The molecule has 0 aliphatic carbocycles. The molecule has 0 bridgehead atoms. The number of pyridine rings is 1. The monoisotopic (exact) mass is 326 g/mol. The van der Waals surface area contributed by atoms with Gasteiger partial charge in [-0.25, -0.2) is 13.4 Å². The Kier molecular flexibility index (Phi) is 4.51. The van der Waals surface area contributed by atoms with Crippen molar-refractivity contribution in [3.63, 3.8) is 0 Å². The summed E-state index contributed by atoms with van der Waals surface area (Å²) >= 11 is 5.92. The van der Waals surface area contributed by atoms with Crippen molar-refractivity contribution in [2.75, 3.05) is 4.72 Å². The fourth-order valence-electron chi connectivity index (χ4n) is 1.91. The first-order valence-electron chi connectivity index (χ1n) is 6.19. The lowest BCUT2D eigenvalue weighted by molar-refractivity contribution is 0.282. The molecule has 112 valence electrons. The molecule has 0 fully saturated rings. The van der Waals surface area contributed by atoms with Crippen molar-refractivity contribution in [1.29, 1.82) is 0 Å². The lowest BCUT2D eigenvalue weighted by Gasteiger charge is -2.10. The van der Waals surface area contributed by atoms with Crippen LogP contribution in [0.5, 0.6) is 0 Å². The molecule has 0 saturated carbocycles. The number of aliphatic hydroxyl groups is 1. The number of benzene rings is 1. The molecule has 0 saturated heterocycles. The van der Waals surface area contributed by atoms with E-state index in [1.165, 1.54) is 18.2 Å². The SMILES string of the molecule is Cc1cc(C)nc(NS(=O)(=O)c2ccc(CO)c(Cl)c2)c1. The van der Waals surface area contributed by atoms with E-state index in [1.54, 1.807) is 13.0 Å². The van der Waals surface area contributed by atoms with Crippen molar-refractivity contribution in [2.24, 2.45) is 0 Å². The summed E-state index contributed by atoms with van der Waals surface area (Å²) in [5.74, 6) is 0.259. The summed E-state index contributed by atoms with van der Waals surface area (Å²) in [6.07, 6.45) is 0. The van der Waals surface area contributed by atoms with E-state index in [1.807, 2.05) is 13.0 Å². The van der Waals surface area contributed by atoms with Crippen LogP contribution in [-0.2, 0) is 16.6 Å². The van der Waals surface area contributed by atoms with E-state index in [0.717, 1.165) is 11.3 Å². The summed E-state index contributed by atoms with van der Waals surface area (Å²) in [6, 6.07) is 7.67. The van der Waals surface area contributed by atoms with Crippen LogP contribution in [0, 0.1) is 13.8 Å². The third kappa shape index (κ3) is 3.72. The minimum absolute atomic E-state index is 0.0191. The smallest absolute Gasteiger partial charge is 0.263 e. The van der Waals surface area contributed by atoms with Gasteiger partial charge >= 0.3 is 0 Å². The fourth-order valence-corrected chi connectivity index (χ4v) is 3.24. The number of anilines is 1. The number of nitrogens with zero attached hydrogens (tertiary/aromatic N) is 1. The molecule has 5 nitrogen and oxygen atoms in total. The van der Waals surface area contributed by atoms with Crippen LogP contribution < -0.4 is 4.72 Å². The third-order valence-electron chi connectivity index (χ3n) is 2.84. The second-order valence-electron chi connectivity index (χ2n) is 4.69. The molecule has 2 N–H and O–H groups in total. The molecule has 0 radical (unpaired) electrons. The van der Waals surface area contributed by atoms with Gasteiger partial charge in [0.2, 0.25) is 0 Å². The Bertz CT molecular complexity index is 756. The van der Waals surface area contributed by atoms with Gasteiger partial charge in [-0.2, -0.15) is 0 Å². The summed E-state index contributed by atoms with van der Waals surface area (Å²) in [4.78, 5) is 4.16. The molecule has 0 spiro atoms. The molecule has 0 unspecified atom stereocenters. The maximum absolute atomic E-state index is 12.3. The van der Waals surface area contributed by atoms with E-state index < -0.39 is 10.0 Å². The van der Waals surface area contributed by atoms with Gasteiger partial charge in [-0.3, -0.25) is 4.72 Å². The summed E-state index contributed by atoms with van der Waals surface area (Å²) in [6.45, 7) is 3.41. The Morgan fingerprint density at radius 1 is 1.24 bits per heavy atom. The first-order chi connectivity index (χ1) is 9.81. The van der Waals surface area contributed by atoms with E-state index in [0.29, 0.717) is 5.56 Å². The van der Waals surface area contributed by atoms with Crippen molar-refractivity contribution >= 4 is 27.4 Å². The highest BCUT2D eigenvalue weighted by Gasteiger charge is 2.16. The minimum Gasteiger partial charge on any atom is -0.392 e. The molecule has 1 heterocycles. The van der Waals surface area contributed by atoms with Gasteiger partial charge in [0.05, 0.1) is 11.5 Å². The van der Waals surface area contributed by atoms with E-state index in [9.17, 15) is 8.42 Å². The summed E-state index contributed by atoms with van der Waals surface area (Å²) in [5.41, 5.74) is 2.11. The maximum atomic E-state index is 12.3. The van der Waals surface area contributed by atoms with Gasteiger partial charge in [-0.1, -0.05) is 17.7 Å². The molecule has 1 aromatic heterocycles. The van der Waals surface area contributed by atoms with Crippen molar-refractivity contribution in [1.82, 2.24) is 4.98 Å². The van der Waals surface area contributed by atoms with Gasteiger partial charge in [0, 0.05) is 10.7 Å². The number of nitrogens with one attached hydrogen (secondary N) is 1. The second-order valence-corrected chi connectivity index (χ2v) is 6.78. The van der Waals surface area contributed by atoms with Crippen molar-refractivity contribution in [3.05, 3.63) is 52.2 Å². The Labute approximate surface area is 128 Å². The number of halogens is 1. The lowest BCUT2D eigenvalue weighted by Crippen LogP contribution is -2.14. The molecular formula is C14H15ClN2O3S. The number of hydrogen-bond acceptors (Lipinski definition) is 4. The highest BCUT2D eigenvalue weighted by Crippen LogP contribution is 2.22. The Morgan fingerprint density at radius 3 is 2.52 bits per heavy atom. The molecule has 2 aromatic rings. The normalized spacial score (nSPS) is 11.4. The van der Waals surface area contributed by atoms with Gasteiger partial charge in [0.15, 0.2) is 0 Å². The number of sulfonamides is 1. The number of aryl methyl sites for hydroxylation is 2. The zero-order valence-electron chi connectivity index (χ0n) is 11.6. The summed E-state index contributed by atoms with van der Waals surface area (Å²) in [5, 5.41) is 9.25. The summed E-state index contributed by atoms with van der Waals surface area (Å²) < 4.78 is 27.0. The topological polar surface area (TPSA) is 79.3 Å². The molecule has 0 aliphatic rings. The molecule has 1 aromatic carbocycles. The summed E-state index contributed by atoms with van der Waals surface area (Å²) in [7, 11) is -3.77. The average molecular weight is 327 g/mol. The predicted molar refractivity (Wildman–Crippen MR) is 81.9 cm³/mol. The quantitative estimate of drug-likeness (QED) is 0.905. The van der Waals surface area contributed by atoms with Crippen LogP contribution in [0.4, 0.5) is 5.82 Å². The van der Waals surface area contributed by atoms with E-state index in [4.69, 9.17) is 16.7 Å². The first-order valence-corrected chi connectivity index (χ1v) is 8.05. The molecule has 0 aliphatic heterocycles. The van der Waals surface area contributed by atoms with Crippen LogP contribution in [0.25, 0.3) is 0 Å². The first kappa shape index (κ1) is 15.8. The Hall–Kier alpha value is -1.63. The van der Waals surface area contributed by atoms with Gasteiger partial charge in [-0.05, 0) is 49.2 Å². The molecule has 0 amide bonds. The molecule has 0 atom stereocenters. The van der Waals surface area contributed by atoms with Gasteiger partial charge in [-0.15, -0.1) is 0 Å². The van der Waals surface area contributed by atoms with Crippen molar-refractivity contribution in [2.45, 2.75) is 25.3 Å². The minimum atomic E-state index is -3.77. The number of aliphatic hydroxyl groups excluding tert-OH is 1. The third-order valence-corrected chi connectivity index (χ3v) is 4.55. The van der Waals surface area contributed by atoms with E-state index >= 15 is 0 Å². The Balaban J connectivity index is 2.36. The van der Waals surface area contributed by atoms with Crippen LogP contribution in [0.2, 0.25) is 5.02 Å². The standard InChI is InChI=1S/C14H15ClN2O3S/c1-9-5-10(2)16-14(6-9)17-21(19,20)12-4-3-11(8-18)13(15)7-12/h3-7,18H,8H2,1-2H3,(H,16,17). The van der Waals surface area contributed by atoms with Crippen molar-refractivity contribution in [3.8, 4) is 0 Å². The second kappa shape index (κ2) is 6.01. The highest BCUT2D eigenvalue weighted by molar-refractivity contribution is 7.92. The predicted octanol–water partition coefficient (Wildman–Crippen LogP) is 2.64. The van der Waals surface area contributed by atoms with Crippen LogP contribution in [-0.4, -0.2) is 18.5 Å². The highest BCUT2D eigenvalue weighted by atomic mass is 35.5. The van der Waals surface area contributed by atoms with E-state index in [-0.39, 0.29) is 22.3 Å². The largest absolute Gasteiger partial charge is 0.392 e. The molecule has 7 heteroatoms. The van der Waals surface area contributed by atoms with E-state index in [2.05, 4.69) is 9.71 Å². The van der Waals surface area contributed by atoms with Crippen LogP contribution in [0.1, 0.15) is 16.8 Å². The zero-order valence-corrected chi connectivity index (χ0v) is 13.2. The van der Waals surface area contributed by atoms with Crippen molar-refractivity contribution < 1.29 is 13.5 Å². The number of rotatable bonds is 4. The van der Waals surface area contributed by atoms with Gasteiger partial charge in [0.1, 0.15) is 5.82 Å². The van der Waals surface area contributed by atoms with Gasteiger partial charge < -0.3 is 5.11 Å². The number of hydrogen-bond donors (Lipinski definition) is 2. The lowest BCUT2D eigenvalue weighted by atomic mass is 10.2. The Morgan fingerprint density at radius 2 is 1.95 bits per heavy atom. The maximum Gasteiger partial charge on any atom is 0.263 e. The molecule has 21 heavy (non-hydrogen) atoms. The zero-order chi connectivity index (χ0) is 15.6. The van der Waals surface area contributed by atoms with Crippen LogP contribution >= 0.6 is 11.6 Å².